The van der Waals surface area contributed by atoms with Crippen molar-refractivity contribution in [2.24, 2.45) is 0 Å². The van der Waals surface area contributed by atoms with Crippen molar-refractivity contribution in [3.05, 3.63) is 23.7 Å². The third kappa shape index (κ3) is 5.79. The van der Waals surface area contributed by atoms with Gasteiger partial charge in [0, 0.05) is 11.5 Å². The van der Waals surface area contributed by atoms with Crippen molar-refractivity contribution < 1.29 is 4.42 Å². The number of hydrogen-bond acceptors (Lipinski definition) is 3. The molecule has 0 saturated heterocycles. The van der Waals surface area contributed by atoms with E-state index in [0.717, 1.165) is 31.0 Å². The minimum atomic E-state index is 0.0855. The minimum Gasteiger partial charge on any atom is -0.466 e. The van der Waals surface area contributed by atoms with Crippen molar-refractivity contribution in [3.8, 4) is 0 Å². The summed E-state index contributed by atoms with van der Waals surface area (Å²) in [6, 6.07) is 4.66. The van der Waals surface area contributed by atoms with Crippen LogP contribution in [-0.4, -0.2) is 38.1 Å². The van der Waals surface area contributed by atoms with Crippen molar-refractivity contribution in [2.75, 3.05) is 27.2 Å². The van der Waals surface area contributed by atoms with Crippen LogP contribution in [0.15, 0.2) is 16.5 Å². The van der Waals surface area contributed by atoms with E-state index in [-0.39, 0.29) is 5.41 Å². The number of hydrogen-bond donors (Lipinski definition) is 1. The largest absolute Gasteiger partial charge is 0.466 e. The van der Waals surface area contributed by atoms with Crippen molar-refractivity contribution in [2.45, 2.75) is 52.0 Å². The molecular formula is C16H30N2O. The zero-order valence-electron chi connectivity index (χ0n) is 13.4. The zero-order chi connectivity index (χ0) is 14.5. The van der Waals surface area contributed by atoms with E-state index in [2.05, 4.69) is 51.1 Å². The molecule has 0 spiro atoms. The molecule has 1 rings (SSSR count). The van der Waals surface area contributed by atoms with Crippen LogP contribution in [0, 0.1) is 6.92 Å². The highest BCUT2D eigenvalue weighted by molar-refractivity contribution is 5.15. The van der Waals surface area contributed by atoms with E-state index in [0.29, 0.717) is 6.04 Å². The summed E-state index contributed by atoms with van der Waals surface area (Å²) < 4.78 is 5.77. The Morgan fingerprint density at radius 3 is 2.53 bits per heavy atom. The van der Waals surface area contributed by atoms with Crippen LogP contribution >= 0.6 is 0 Å². The monoisotopic (exact) mass is 266 g/mol. The van der Waals surface area contributed by atoms with Gasteiger partial charge in [0.2, 0.25) is 0 Å². The lowest BCUT2D eigenvalue weighted by Crippen LogP contribution is -2.34. The number of rotatable bonds is 8. The zero-order valence-corrected chi connectivity index (χ0v) is 13.4. The lowest BCUT2D eigenvalue weighted by atomic mass is 9.83. The molecule has 0 amide bonds. The van der Waals surface area contributed by atoms with E-state index in [4.69, 9.17) is 4.42 Å². The summed E-state index contributed by atoms with van der Waals surface area (Å²) >= 11 is 0. The highest BCUT2D eigenvalue weighted by Crippen LogP contribution is 2.29. The molecule has 1 aromatic rings. The van der Waals surface area contributed by atoms with Gasteiger partial charge in [-0.25, -0.2) is 0 Å². The van der Waals surface area contributed by atoms with Crippen molar-refractivity contribution >= 4 is 0 Å². The normalized spacial score (nSPS) is 14.1. The molecule has 1 aromatic heterocycles. The smallest absolute Gasteiger partial charge is 0.109 e. The Hall–Kier alpha value is -0.800. The average molecular weight is 266 g/mol. The van der Waals surface area contributed by atoms with Gasteiger partial charge >= 0.3 is 0 Å². The number of aryl methyl sites for hydroxylation is 1. The van der Waals surface area contributed by atoms with Crippen molar-refractivity contribution in [3.63, 3.8) is 0 Å². The summed E-state index contributed by atoms with van der Waals surface area (Å²) in [6.07, 6.45) is 2.28. The van der Waals surface area contributed by atoms with Gasteiger partial charge < -0.3 is 14.6 Å². The predicted octanol–water partition coefficient (Wildman–Crippen LogP) is 3.19. The lowest BCUT2D eigenvalue weighted by Gasteiger charge is -2.27. The van der Waals surface area contributed by atoms with Gasteiger partial charge in [0.15, 0.2) is 0 Å². The van der Waals surface area contributed by atoms with E-state index in [9.17, 15) is 0 Å². The first kappa shape index (κ1) is 16.3. The first-order chi connectivity index (χ1) is 8.81. The molecule has 0 fully saturated rings. The summed E-state index contributed by atoms with van der Waals surface area (Å²) in [5.74, 6) is 2.08. The SMILES string of the molecule is Cc1ccc(C(C)(C)C[C@@H](C)NCCCN(C)C)o1. The van der Waals surface area contributed by atoms with Crippen LogP contribution in [0.3, 0.4) is 0 Å². The fourth-order valence-corrected chi connectivity index (χ4v) is 2.48. The molecular weight excluding hydrogens is 236 g/mol. The number of nitrogens with one attached hydrogen (secondary N) is 1. The Labute approximate surface area is 118 Å². The molecule has 0 aliphatic heterocycles. The van der Waals surface area contributed by atoms with Crippen LogP contribution < -0.4 is 5.32 Å². The molecule has 1 heterocycles. The fraction of sp³-hybridized carbons (Fsp3) is 0.750. The molecule has 19 heavy (non-hydrogen) atoms. The summed E-state index contributed by atoms with van der Waals surface area (Å²) in [7, 11) is 4.23. The Balaban J connectivity index is 2.36. The lowest BCUT2D eigenvalue weighted by molar-refractivity contribution is 0.315. The van der Waals surface area contributed by atoms with Crippen molar-refractivity contribution in [1.82, 2.24) is 10.2 Å². The molecule has 0 radical (unpaired) electrons. The van der Waals surface area contributed by atoms with E-state index in [1.165, 1.54) is 6.42 Å². The van der Waals surface area contributed by atoms with E-state index < -0.39 is 0 Å². The molecule has 3 heteroatoms. The fourth-order valence-electron chi connectivity index (χ4n) is 2.48. The van der Waals surface area contributed by atoms with Crippen LogP contribution in [0.5, 0.6) is 0 Å². The second-order valence-electron chi connectivity index (χ2n) is 6.51. The van der Waals surface area contributed by atoms with E-state index in [1.54, 1.807) is 0 Å². The Kier molecular flexibility index (Phi) is 6.08. The topological polar surface area (TPSA) is 28.4 Å². The van der Waals surface area contributed by atoms with Crippen molar-refractivity contribution in [1.29, 1.82) is 0 Å². The molecule has 0 unspecified atom stereocenters. The first-order valence-electron chi connectivity index (χ1n) is 7.26. The van der Waals surface area contributed by atoms with Crippen LogP contribution in [0.1, 0.15) is 45.1 Å². The Bertz CT molecular complexity index is 369. The van der Waals surface area contributed by atoms with Crippen LogP contribution in [0.4, 0.5) is 0 Å². The van der Waals surface area contributed by atoms with Gasteiger partial charge in [-0.05, 0) is 66.0 Å². The van der Waals surface area contributed by atoms with Gasteiger partial charge in [-0.15, -0.1) is 0 Å². The maximum Gasteiger partial charge on any atom is 0.109 e. The van der Waals surface area contributed by atoms with Gasteiger partial charge in [0.25, 0.3) is 0 Å². The minimum absolute atomic E-state index is 0.0855. The van der Waals surface area contributed by atoms with Gasteiger partial charge in [0.05, 0.1) is 0 Å². The van der Waals surface area contributed by atoms with E-state index in [1.807, 2.05) is 13.0 Å². The molecule has 1 atom stereocenters. The quantitative estimate of drug-likeness (QED) is 0.733. The highest BCUT2D eigenvalue weighted by atomic mass is 16.3. The summed E-state index contributed by atoms with van der Waals surface area (Å²) in [5.41, 5.74) is 0.0855. The Morgan fingerprint density at radius 2 is 2.00 bits per heavy atom. The molecule has 0 aliphatic rings. The predicted molar refractivity (Wildman–Crippen MR) is 81.7 cm³/mol. The Morgan fingerprint density at radius 1 is 1.32 bits per heavy atom. The first-order valence-corrected chi connectivity index (χ1v) is 7.26. The van der Waals surface area contributed by atoms with Gasteiger partial charge in [-0.2, -0.15) is 0 Å². The van der Waals surface area contributed by atoms with Gasteiger partial charge in [-0.3, -0.25) is 0 Å². The third-order valence-electron chi connectivity index (χ3n) is 3.50. The van der Waals surface area contributed by atoms with Gasteiger partial charge in [-0.1, -0.05) is 13.8 Å². The molecule has 0 bridgehead atoms. The van der Waals surface area contributed by atoms with Crippen LogP contribution in [0.25, 0.3) is 0 Å². The molecule has 0 saturated carbocycles. The number of nitrogens with zero attached hydrogens (tertiary/aromatic N) is 1. The molecule has 0 aromatic carbocycles. The standard InChI is InChI=1S/C16H30N2O/c1-13(17-10-7-11-18(5)6)12-16(3,4)15-9-8-14(2)19-15/h8-9,13,17H,7,10-12H2,1-6H3/t13-/m1/s1. The maximum atomic E-state index is 5.77. The second-order valence-corrected chi connectivity index (χ2v) is 6.51. The molecule has 1 N–H and O–H groups in total. The maximum absolute atomic E-state index is 5.77. The third-order valence-corrected chi connectivity index (χ3v) is 3.50. The van der Waals surface area contributed by atoms with E-state index >= 15 is 0 Å². The van der Waals surface area contributed by atoms with Crippen LogP contribution in [-0.2, 0) is 5.41 Å². The number of furan rings is 1. The molecule has 110 valence electrons. The van der Waals surface area contributed by atoms with Gasteiger partial charge in [0.1, 0.15) is 11.5 Å². The molecule has 0 aliphatic carbocycles. The van der Waals surface area contributed by atoms with Crippen LogP contribution in [0.2, 0.25) is 0 Å². The second kappa shape index (κ2) is 7.11. The summed E-state index contributed by atoms with van der Waals surface area (Å²) in [6.45, 7) is 11.0. The summed E-state index contributed by atoms with van der Waals surface area (Å²) in [5, 5.41) is 3.60. The molecule has 3 nitrogen and oxygen atoms in total. The average Bonchev–Trinajstić information content (AvgIpc) is 2.71. The summed E-state index contributed by atoms with van der Waals surface area (Å²) in [4.78, 5) is 2.22. The highest BCUT2D eigenvalue weighted by Gasteiger charge is 2.26.